The molecule has 0 heterocycles. The first kappa shape index (κ1) is 11.4. The van der Waals surface area contributed by atoms with E-state index in [9.17, 15) is 8.78 Å². The van der Waals surface area contributed by atoms with Crippen LogP contribution in [-0.2, 0) is 0 Å². The molecule has 0 spiro atoms. The Bertz CT molecular complexity index is 337. The van der Waals surface area contributed by atoms with Gasteiger partial charge in [0.25, 0.3) is 0 Å². The smallest absolute Gasteiger partial charge is 0.129 e. The largest absolute Gasteiger partial charge is 0.490 e. The van der Waals surface area contributed by atoms with E-state index in [-0.39, 0.29) is 6.10 Å². The van der Waals surface area contributed by atoms with Crippen LogP contribution in [-0.4, -0.2) is 6.10 Å². The molecule has 0 aliphatic heterocycles. The highest BCUT2D eigenvalue weighted by atomic mass is 19.1. The van der Waals surface area contributed by atoms with E-state index in [4.69, 9.17) is 4.74 Å². The molecular weight excluding hydrogens is 210 g/mol. The van der Waals surface area contributed by atoms with E-state index in [2.05, 4.69) is 6.92 Å². The average Bonchev–Trinajstić information content (AvgIpc) is 2.20. The predicted octanol–water partition coefficient (Wildman–Crippen LogP) is 3.92. The van der Waals surface area contributed by atoms with E-state index in [1.165, 1.54) is 12.1 Å². The highest BCUT2D eigenvalue weighted by Crippen LogP contribution is 2.27. The minimum absolute atomic E-state index is 0.109. The number of halogens is 2. The van der Waals surface area contributed by atoms with Crippen LogP contribution < -0.4 is 4.74 Å². The van der Waals surface area contributed by atoms with Crippen LogP contribution >= 0.6 is 0 Å². The molecule has 0 atom stereocenters. The van der Waals surface area contributed by atoms with E-state index >= 15 is 0 Å². The third kappa shape index (κ3) is 2.94. The minimum Gasteiger partial charge on any atom is -0.490 e. The predicted molar refractivity (Wildman–Crippen MR) is 58.4 cm³/mol. The average molecular weight is 226 g/mol. The van der Waals surface area contributed by atoms with Crippen LogP contribution in [0.15, 0.2) is 18.2 Å². The van der Waals surface area contributed by atoms with E-state index in [0.717, 1.165) is 37.7 Å². The monoisotopic (exact) mass is 226 g/mol. The summed E-state index contributed by atoms with van der Waals surface area (Å²) in [5, 5.41) is 0. The van der Waals surface area contributed by atoms with Crippen LogP contribution in [0.3, 0.4) is 0 Å². The van der Waals surface area contributed by atoms with Gasteiger partial charge in [0.1, 0.15) is 17.4 Å². The first-order valence-electron chi connectivity index (χ1n) is 5.76. The Morgan fingerprint density at radius 3 is 2.12 bits per heavy atom. The van der Waals surface area contributed by atoms with Crippen LogP contribution in [0.4, 0.5) is 8.78 Å². The zero-order valence-electron chi connectivity index (χ0n) is 9.38. The molecule has 0 aromatic heterocycles. The van der Waals surface area contributed by atoms with Gasteiger partial charge in [-0.15, -0.1) is 0 Å². The first-order chi connectivity index (χ1) is 7.63. The highest BCUT2D eigenvalue weighted by molar-refractivity contribution is 5.24. The van der Waals surface area contributed by atoms with Crippen molar-refractivity contribution in [1.82, 2.24) is 0 Å². The SMILES string of the molecule is CC1CCC(Oc2cc(F)cc(F)c2)CC1. The van der Waals surface area contributed by atoms with E-state index in [1.807, 2.05) is 0 Å². The fourth-order valence-corrected chi connectivity index (χ4v) is 2.14. The minimum atomic E-state index is -0.584. The normalized spacial score (nSPS) is 25.4. The molecule has 1 saturated carbocycles. The summed E-state index contributed by atoms with van der Waals surface area (Å²) >= 11 is 0. The second kappa shape index (κ2) is 4.81. The van der Waals surface area contributed by atoms with Gasteiger partial charge in [-0.25, -0.2) is 8.78 Å². The van der Waals surface area contributed by atoms with Gasteiger partial charge in [-0.1, -0.05) is 6.92 Å². The fraction of sp³-hybridized carbons (Fsp3) is 0.538. The summed E-state index contributed by atoms with van der Waals surface area (Å²) < 4.78 is 31.4. The summed E-state index contributed by atoms with van der Waals surface area (Å²) in [6, 6.07) is 3.33. The molecule has 1 aromatic rings. The van der Waals surface area contributed by atoms with E-state index < -0.39 is 11.6 Å². The van der Waals surface area contributed by atoms with E-state index in [0.29, 0.717) is 5.75 Å². The lowest BCUT2D eigenvalue weighted by Gasteiger charge is -2.26. The van der Waals surface area contributed by atoms with Gasteiger partial charge >= 0.3 is 0 Å². The molecule has 0 amide bonds. The maximum atomic E-state index is 12.9. The molecule has 0 bridgehead atoms. The zero-order chi connectivity index (χ0) is 11.5. The van der Waals surface area contributed by atoms with Crippen molar-refractivity contribution in [2.75, 3.05) is 0 Å². The summed E-state index contributed by atoms with van der Waals surface area (Å²) in [5.41, 5.74) is 0. The summed E-state index contributed by atoms with van der Waals surface area (Å²) in [4.78, 5) is 0. The van der Waals surface area contributed by atoms with Crippen LogP contribution in [0.25, 0.3) is 0 Å². The van der Waals surface area contributed by atoms with Crippen LogP contribution in [0, 0.1) is 17.6 Å². The van der Waals surface area contributed by atoms with Crippen molar-refractivity contribution in [2.45, 2.75) is 38.7 Å². The van der Waals surface area contributed by atoms with Crippen molar-refractivity contribution in [3.05, 3.63) is 29.8 Å². The molecule has 1 aliphatic rings. The Morgan fingerprint density at radius 1 is 1.00 bits per heavy atom. The second-order valence-electron chi connectivity index (χ2n) is 4.60. The van der Waals surface area contributed by atoms with Crippen molar-refractivity contribution in [2.24, 2.45) is 5.92 Å². The van der Waals surface area contributed by atoms with Crippen LogP contribution in [0.1, 0.15) is 32.6 Å². The number of ether oxygens (including phenoxy) is 1. The Labute approximate surface area is 94.4 Å². The summed E-state index contributed by atoms with van der Waals surface area (Å²) in [5.74, 6) is -0.125. The molecule has 0 saturated heterocycles. The maximum Gasteiger partial charge on any atom is 0.129 e. The molecule has 1 nitrogen and oxygen atoms in total. The molecule has 1 aliphatic carbocycles. The van der Waals surface area contributed by atoms with Gasteiger partial charge in [-0.05, 0) is 31.6 Å². The van der Waals surface area contributed by atoms with Crippen molar-refractivity contribution in [3.8, 4) is 5.75 Å². The third-order valence-corrected chi connectivity index (χ3v) is 3.10. The number of benzene rings is 1. The van der Waals surface area contributed by atoms with Crippen LogP contribution in [0.5, 0.6) is 5.75 Å². The molecule has 0 N–H and O–H groups in total. The molecule has 2 rings (SSSR count). The van der Waals surface area contributed by atoms with Gasteiger partial charge in [0.15, 0.2) is 0 Å². The quantitative estimate of drug-likeness (QED) is 0.742. The molecule has 1 fully saturated rings. The third-order valence-electron chi connectivity index (χ3n) is 3.10. The molecular formula is C13H16F2O. The summed E-state index contributed by atoms with van der Waals surface area (Å²) in [7, 11) is 0. The van der Waals surface area contributed by atoms with Gasteiger partial charge < -0.3 is 4.74 Å². The van der Waals surface area contributed by atoms with Gasteiger partial charge in [0, 0.05) is 18.2 Å². The number of hydrogen-bond acceptors (Lipinski definition) is 1. The zero-order valence-corrected chi connectivity index (χ0v) is 9.38. The van der Waals surface area contributed by atoms with Gasteiger partial charge in [-0.2, -0.15) is 0 Å². The fourth-order valence-electron chi connectivity index (χ4n) is 2.14. The lowest BCUT2D eigenvalue weighted by Crippen LogP contribution is -2.23. The van der Waals surface area contributed by atoms with Crippen molar-refractivity contribution < 1.29 is 13.5 Å². The first-order valence-corrected chi connectivity index (χ1v) is 5.76. The molecule has 3 heteroatoms. The number of hydrogen-bond donors (Lipinski definition) is 0. The van der Waals surface area contributed by atoms with Gasteiger partial charge in [0.05, 0.1) is 6.10 Å². The van der Waals surface area contributed by atoms with Crippen molar-refractivity contribution in [3.63, 3.8) is 0 Å². The lowest BCUT2D eigenvalue weighted by atomic mass is 9.89. The Hall–Kier alpha value is -1.12. The van der Waals surface area contributed by atoms with Crippen molar-refractivity contribution >= 4 is 0 Å². The lowest BCUT2D eigenvalue weighted by molar-refractivity contribution is 0.134. The Balaban J connectivity index is 1.98. The summed E-state index contributed by atoms with van der Waals surface area (Å²) in [6.45, 7) is 2.22. The second-order valence-corrected chi connectivity index (χ2v) is 4.60. The Morgan fingerprint density at radius 2 is 1.56 bits per heavy atom. The maximum absolute atomic E-state index is 12.9. The molecule has 16 heavy (non-hydrogen) atoms. The highest BCUT2D eigenvalue weighted by Gasteiger charge is 2.19. The molecule has 88 valence electrons. The number of rotatable bonds is 2. The van der Waals surface area contributed by atoms with Gasteiger partial charge in [-0.3, -0.25) is 0 Å². The van der Waals surface area contributed by atoms with Crippen LogP contribution in [0.2, 0.25) is 0 Å². The van der Waals surface area contributed by atoms with Crippen molar-refractivity contribution in [1.29, 1.82) is 0 Å². The van der Waals surface area contributed by atoms with Gasteiger partial charge in [0.2, 0.25) is 0 Å². The summed E-state index contributed by atoms with van der Waals surface area (Å²) in [6.07, 6.45) is 4.31. The van der Waals surface area contributed by atoms with E-state index in [1.54, 1.807) is 0 Å². The topological polar surface area (TPSA) is 9.23 Å². The Kier molecular flexibility index (Phi) is 3.42. The standard InChI is InChI=1S/C13H16F2O/c1-9-2-4-12(5-3-9)16-13-7-10(14)6-11(15)8-13/h6-9,12H,2-5H2,1H3. The molecule has 0 unspecified atom stereocenters. The molecule has 0 radical (unpaired) electrons. The molecule has 1 aromatic carbocycles.